The number of rotatable bonds is 4. The van der Waals surface area contributed by atoms with Gasteiger partial charge in [0.25, 0.3) is 5.91 Å². The van der Waals surface area contributed by atoms with E-state index in [1.165, 1.54) is 55.6 Å². The fraction of sp³-hybridized carbons (Fsp3) is 0.588. The minimum Gasteiger partial charge on any atom is -0.324 e. The number of hydrogen-bond acceptors (Lipinski definition) is 3. The van der Waals surface area contributed by atoms with Gasteiger partial charge in [-0.15, -0.1) is 0 Å². The number of carbonyl (C=O) groups is 1. The number of nitrogens with two attached hydrogens (primary N) is 1. The van der Waals surface area contributed by atoms with Crippen molar-refractivity contribution in [2.45, 2.75) is 49.5 Å². The van der Waals surface area contributed by atoms with E-state index in [2.05, 4.69) is 5.32 Å². The summed E-state index contributed by atoms with van der Waals surface area (Å²) in [5.41, 5.74) is 0.601. The first kappa shape index (κ1) is 17.4. The zero-order valence-electron chi connectivity index (χ0n) is 13.8. The Morgan fingerprint density at radius 2 is 1.79 bits per heavy atom. The maximum atomic E-state index is 12.4. The number of fused-ring (bicyclic) bond motifs is 1. The monoisotopic (exact) mass is 352 g/mol. The fourth-order valence-electron chi connectivity index (χ4n) is 4.23. The van der Waals surface area contributed by atoms with Crippen molar-refractivity contribution in [1.82, 2.24) is 0 Å². The second-order valence-electron chi connectivity index (χ2n) is 7.00. The predicted octanol–water partition coefficient (Wildman–Crippen LogP) is 0.510. The molecule has 7 heteroatoms. The van der Waals surface area contributed by atoms with Gasteiger partial charge in [-0.1, -0.05) is 6.42 Å². The summed E-state index contributed by atoms with van der Waals surface area (Å²) in [5, 5.41) is 7.94. The van der Waals surface area contributed by atoms with Gasteiger partial charge in [0.15, 0.2) is 6.54 Å². The summed E-state index contributed by atoms with van der Waals surface area (Å²) in [5.74, 6) is 0.768. The number of sulfonamides is 1. The minimum absolute atomic E-state index is 0.0143. The molecule has 1 aromatic carbocycles. The third kappa shape index (κ3) is 4.15. The largest absolute Gasteiger partial charge is 0.324 e. The van der Waals surface area contributed by atoms with Crippen LogP contribution in [0, 0.1) is 5.92 Å². The third-order valence-electron chi connectivity index (χ3n) is 5.36. The molecule has 3 atom stereocenters. The lowest BCUT2D eigenvalue weighted by molar-refractivity contribution is -0.928. The Morgan fingerprint density at radius 1 is 1.12 bits per heavy atom. The maximum Gasteiger partial charge on any atom is 0.279 e. The van der Waals surface area contributed by atoms with E-state index in [9.17, 15) is 13.2 Å². The van der Waals surface area contributed by atoms with E-state index < -0.39 is 10.0 Å². The van der Waals surface area contributed by atoms with Gasteiger partial charge in [0.2, 0.25) is 10.0 Å². The van der Waals surface area contributed by atoms with Crippen molar-refractivity contribution >= 4 is 21.6 Å². The van der Waals surface area contributed by atoms with Gasteiger partial charge in [-0.3, -0.25) is 4.79 Å². The number of carbonyl (C=O) groups excluding carboxylic acids is 1. The highest BCUT2D eigenvalue weighted by atomic mass is 32.2. The molecule has 1 aliphatic heterocycles. The number of nitrogens with one attached hydrogen (secondary N) is 2. The lowest BCUT2D eigenvalue weighted by Crippen LogP contribution is -3.18. The Bertz CT molecular complexity index is 686. The molecule has 0 bridgehead atoms. The molecular formula is C17H26N3O3S+. The third-order valence-corrected chi connectivity index (χ3v) is 6.29. The zero-order valence-corrected chi connectivity index (χ0v) is 14.6. The first-order valence-electron chi connectivity index (χ1n) is 8.71. The Balaban J connectivity index is 1.59. The van der Waals surface area contributed by atoms with Gasteiger partial charge in [-0.25, -0.2) is 13.6 Å². The molecule has 1 saturated carbocycles. The molecule has 2 fully saturated rings. The number of amides is 1. The normalized spacial score (nSPS) is 27.3. The summed E-state index contributed by atoms with van der Waals surface area (Å²) in [6.07, 6.45) is 7.66. The predicted molar refractivity (Wildman–Crippen MR) is 92.1 cm³/mol. The average molecular weight is 352 g/mol. The van der Waals surface area contributed by atoms with Gasteiger partial charge in [0.1, 0.15) is 0 Å². The van der Waals surface area contributed by atoms with Gasteiger partial charge in [0, 0.05) is 11.6 Å². The van der Waals surface area contributed by atoms with Crippen LogP contribution < -0.4 is 15.4 Å². The van der Waals surface area contributed by atoms with Crippen LogP contribution in [-0.2, 0) is 14.8 Å². The Labute approximate surface area is 143 Å². The van der Waals surface area contributed by atoms with E-state index in [4.69, 9.17) is 5.14 Å². The summed E-state index contributed by atoms with van der Waals surface area (Å²) in [7, 11) is -3.70. The molecule has 1 heterocycles. The second-order valence-corrected chi connectivity index (χ2v) is 8.56. The number of primary sulfonamides is 1. The van der Waals surface area contributed by atoms with Crippen molar-refractivity contribution < 1.29 is 18.1 Å². The van der Waals surface area contributed by atoms with Gasteiger partial charge < -0.3 is 10.2 Å². The summed E-state index contributed by atoms with van der Waals surface area (Å²) < 4.78 is 22.5. The quantitative estimate of drug-likeness (QED) is 0.737. The van der Waals surface area contributed by atoms with Crippen LogP contribution in [0.3, 0.4) is 0 Å². The molecule has 0 radical (unpaired) electrons. The topological polar surface area (TPSA) is 93.7 Å². The van der Waals surface area contributed by atoms with E-state index in [1.807, 2.05) is 0 Å². The van der Waals surface area contributed by atoms with Crippen LogP contribution in [0.1, 0.15) is 38.5 Å². The lowest BCUT2D eigenvalue weighted by Gasteiger charge is -2.40. The second kappa shape index (κ2) is 7.21. The summed E-state index contributed by atoms with van der Waals surface area (Å²) in [6.45, 7) is 1.55. The molecule has 0 aromatic heterocycles. The van der Waals surface area contributed by atoms with Crippen LogP contribution in [0.2, 0.25) is 0 Å². The van der Waals surface area contributed by atoms with E-state index in [-0.39, 0.29) is 10.8 Å². The molecule has 1 aliphatic carbocycles. The standard InChI is InChI=1S/C17H25N3O3S/c18-24(22,23)15-9-7-14(8-10-15)19-17(21)12-20-11-3-5-13-4-1-2-6-16(13)20/h7-10,13,16H,1-6,11-12H2,(H,19,21)(H2,18,22,23)/p+1/t13-,16-/m0/s1. The smallest absolute Gasteiger partial charge is 0.279 e. The molecule has 1 amide bonds. The first-order valence-corrected chi connectivity index (χ1v) is 10.3. The maximum absolute atomic E-state index is 12.4. The first-order chi connectivity index (χ1) is 11.4. The molecule has 4 N–H and O–H groups in total. The zero-order chi connectivity index (χ0) is 17.2. The molecule has 6 nitrogen and oxygen atoms in total. The highest BCUT2D eigenvalue weighted by Gasteiger charge is 2.37. The van der Waals surface area contributed by atoms with Crippen LogP contribution in [0.25, 0.3) is 0 Å². The van der Waals surface area contributed by atoms with Crippen molar-refractivity contribution in [3.63, 3.8) is 0 Å². The molecule has 1 saturated heterocycles. The lowest BCUT2D eigenvalue weighted by atomic mass is 9.78. The number of benzene rings is 1. The number of anilines is 1. The van der Waals surface area contributed by atoms with Gasteiger partial charge in [0.05, 0.1) is 17.5 Å². The van der Waals surface area contributed by atoms with Crippen LogP contribution in [0.4, 0.5) is 5.69 Å². The number of quaternary nitrogens is 1. The fourth-order valence-corrected chi connectivity index (χ4v) is 4.74. The highest BCUT2D eigenvalue weighted by molar-refractivity contribution is 7.89. The SMILES string of the molecule is NS(=O)(=O)c1ccc(NC(=O)C[NH+]2CCC[C@@H]3CCCC[C@@H]32)cc1. The van der Waals surface area contributed by atoms with Crippen molar-refractivity contribution in [1.29, 1.82) is 0 Å². The number of likely N-dealkylation sites (tertiary alicyclic amines) is 1. The van der Waals surface area contributed by atoms with Crippen molar-refractivity contribution in [3.05, 3.63) is 24.3 Å². The number of hydrogen-bond donors (Lipinski definition) is 3. The van der Waals surface area contributed by atoms with Crippen molar-refractivity contribution in [2.75, 3.05) is 18.4 Å². The molecule has 2 aliphatic rings. The van der Waals surface area contributed by atoms with Gasteiger partial charge in [-0.05, 0) is 56.4 Å². The molecular weight excluding hydrogens is 326 g/mol. The van der Waals surface area contributed by atoms with E-state index in [1.54, 1.807) is 12.1 Å². The van der Waals surface area contributed by atoms with Crippen molar-refractivity contribution in [2.24, 2.45) is 11.1 Å². The van der Waals surface area contributed by atoms with E-state index in [0.29, 0.717) is 18.3 Å². The molecule has 0 spiro atoms. The Kier molecular flexibility index (Phi) is 5.22. The van der Waals surface area contributed by atoms with Gasteiger partial charge in [-0.2, -0.15) is 0 Å². The minimum atomic E-state index is -3.70. The molecule has 132 valence electrons. The summed E-state index contributed by atoms with van der Waals surface area (Å²) in [6, 6.07) is 6.60. The van der Waals surface area contributed by atoms with Crippen LogP contribution in [0.15, 0.2) is 29.2 Å². The van der Waals surface area contributed by atoms with E-state index >= 15 is 0 Å². The van der Waals surface area contributed by atoms with E-state index in [0.717, 1.165) is 12.5 Å². The van der Waals surface area contributed by atoms with Crippen LogP contribution in [0.5, 0.6) is 0 Å². The molecule has 24 heavy (non-hydrogen) atoms. The average Bonchev–Trinajstić information content (AvgIpc) is 2.55. The summed E-state index contributed by atoms with van der Waals surface area (Å²) >= 11 is 0. The molecule has 3 rings (SSSR count). The molecule has 1 aromatic rings. The van der Waals surface area contributed by atoms with Gasteiger partial charge >= 0.3 is 0 Å². The Hall–Kier alpha value is -1.44. The number of piperidine rings is 1. The molecule has 1 unspecified atom stereocenters. The van der Waals surface area contributed by atoms with Crippen molar-refractivity contribution in [3.8, 4) is 0 Å². The Morgan fingerprint density at radius 3 is 2.50 bits per heavy atom. The van der Waals surface area contributed by atoms with Crippen LogP contribution in [-0.4, -0.2) is 33.5 Å². The summed E-state index contributed by atoms with van der Waals surface area (Å²) in [4.78, 5) is 13.8. The van der Waals surface area contributed by atoms with Crippen LogP contribution >= 0.6 is 0 Å². The highest BCUT2D eigenvalue weighted by Crippen LogP contribution is 2.28.